The van der Waals surface area contributed by atoms with Gasteiger partial charge in [-0.05, 0) is 46.2 Å². The van der Waals surface area contributed by atoms with Crippen molar-refractivity contribution in [2.24, 2.45) is 0 Å². The van der Waals surface area contributed by atoms with Crippen molar-refractivity contribution in [3.05, 3.63) is 24.3 Å². The zero-order valence-corrected chi connectivity index (χ0v) is 16.3. The lowest BCUT2D eigenvalue weighted by Crippen LogP contribution is -2.58. The first kappa shape index (κ1) is 17.7. The van der Waals surface area contributed by atoms with Gasteiger partial charge < -0.3 is 9.80 Å². The molecule has 2 aliphatic heterocycles. The summed E-state index contributed by atoms with van der Waals surface area (Å²) in [5.41, 5.74) is 2.33. The maximum atomic E-state index is 4.97. The van der Waals surface area contributed by atoms with Crippen LogP contribution in [0.25, 0.3) is 11.0 Å². The molecular weight excluding hydrogens is 326 g/mol. The molecule has 0 radical (unpaired) electrons. The number of hydrogen-bond donors (Lipinski definition) is 0. The number of hydrazine groups is 1. The Labute approximate surface area is 156 Å². The lowest BCUT2D eigenvalue weighted by atomic mass is 10.3. The Morgan fingerprint density at radius 1 is 1.04 bits per heavy atom. The lowest BCUT2D eigenvalue weighted by molar-refractivity contribution is 0.0881. The van der Waals surface area contributed by atoms with Gasteiger partial charge in [-0.15, -0.1) is 0 Å². The molecule has 4 rings (SSSR count). The third-order valence-corrected chi connectivity index (χ3v) is 5.44. The number of para-hydroxylation sites is 2. The second-order valence-corrected chi connectivity index (χ2v) is 7.82. The average Bonchev–Trinajstić information content (AvgIpc) is 3.00. The van der Waals surface area contributed by atoms with Gasteiger partial charge in [-0.2, -0.15) is 0 Å². The van der Waals surface area contributed by atoms with Crippen molar-refractivity contribution in [1.29, 1.82) is 0 Å². The van der Waals surface area contributed by atoms with E-state index >= 15 is 0 Å². The molecule has 0 spiro atoms. The normalized spacial score (nSPS) is 20.2. The number of fused-ring (bicyclic) bond motifs is 3. The molecule has 2 aliphatic rings. The number of benzene rings is 1. The highest BCUT2D eigenvalue weighted by Crippen LogP contribution is 2.28. The Balaban J connectivity index is 1.60. The highest BCUT2D eigenvalue weighted by Gasteiger charge is 2.31. The summed E-state index contributed by atoms with van der Waals surface area (Å²) in [6.45, 7) is 8.43. The molecule has 0 unspecified atom stereocenters. The van der Waals surface area contributed by atoms with Crippen LogP contribution in [0.3, 0.4) is 0 Å². The molecule has 7 nitrogen and oxygen atoms in total. The Morgan fingerprint density at radius 3 is 2.58 bits per heavy atom. The van der Waals surface area contributed by atoms with Gasteiger partial charge in [-0.1, -0.05) is 12.1 Å². The molecule has 0 bridgehead atoms. The molecule has 0 N–H and O–H groups in total. The minimum atomic E-state index is 0.924. The number of piperazine rings is 1. The summed E-state index contributed by atoms with van der Waals surface area (Å²) in [6.07, 6.45) is 1.19. The van der Waals surface area contributed by atoms with Crippen LogP contribution in [0.2, 0.25) is 0 Å². The molecule has 26 heavy (non-hydrogen) atoms. The number of nitrogens with zero attached hydrogens (tertiary/aromatic N) is 7. The van der Waals surface area contributed by atoms with E-state index in [1.165, 1.54) is 11.9 Å². The molecule has 7 heteroatoms. The van der Waals surface area contributed by atoms with Crippen LogP contribution >= 0.6 is 0 Å². The average molecular weight is 358 g/mol. The van der Waals surface area contributed by atoms with Gasteiger partial charge in [0, 0.05) is 32.7 Å². The van der Waals surface area contributed by atoms with Gasteiger partial charge in [0.2, 0.25) is 5.95 Å². The first-order valence-corrected chi connectivity index (χ1v) is 9.65. The largest absolute Gasteiger partial charge is 0.309 e. The van der Waals surface area contributed by atoms with Gasteiger partial charge in [0.1, 0.15) is 0 Å². The molecule has 3 heterocycles. The van der Waals surface area contributed by atoms with Crippen LogP contribution < -0.4 is 5.01 Å². The standard InChI is InChI=1S/C19H31N7/c1-21(2)9-6-10-23-15-25-18-8-5-4-7-17(18)20-19(25)26(16-23)24-13-11-22(3)12-14-24/h4-5,7-8H,6,9-16H2,1-3H3. The first-order valence-electron chi connectivity index (χ1n) is 9.65. The Kier molecular flexibility index (Phi) is 5.13. The van der Waals surface area contributed by atoms with Gasteiger partial charge in [-0.25, -0.2) is 9.99 Å². The van der Waals surface area contributed by atoms with Gasteiger partial charge in [-0.3, -0.25) is 14.5 Å². The van der Waals surface area contributed by atoms with Gasteiger partial charge in [0.05, 0.1) is 24.4 Å². The van der Waals surface area contributed by atoms with E-state index in [2.05, 4.69) is 74.7 Å². The van der Waals surface area contributed by atoms with Crippen LogP contribution in [-0.2, 0) is 6.67 Å². The molecule has 0 saturated carbocycles. The maximum absolute atomic E-state index is 4.97. The topological polar surface area (TPSA) is 34.0 Å². The van der Waals surface area contributed by atoms with Gasteiger partial charge in [0.15, 0.2) is 0 Å². The summed E-state index contributed by atoms with van der Waals surface area (Å²) in [7, 11) is 6.50. The first-order chi connectivity index (χ1) is 12.6. The SMILES string of the molecule is CN(C)CCCN1CN(N2CCN(C)CC2)c2nc3ccccc3n2C1. The number of likely N-dealkylation sites (N-methyl/N-ethyl adjacent to an activating group) is 1. The van der Waals surface area contributed by atoms with Gasteiger partial charge in [0.25, 0.3) is 0 Å². The molecular formula is C19H31N7. The van der Waals surface area contributed by atoms with Crippen molar-refractivity contribution in [2.45, 2.75) is 13.1 Å². The lowest BCUT2D eigenvalue weighted by Gasteiger charge is -2.45. The summed E-state index contributed by atoms with van der Waals surface area (Å²) in [5.74, 6) is 1.10. The third-order valence-electron chi connectivity index (χ3n) is 5.44. The highest BCUT2D eigenvalue weighted by atomic mass is 15.7. The van der Waals surface area contributed by atoms with Crippen molar-refractivity contribution in [2.75, 3.05) is 72.1 Å². The molecule has 2 aromatic rings. The van der Waals surface area contributed by atoms with Crippen molar-refractivity contribution < 1.29 is 0 Å². The molecule has 1 aromatic carbocycles. The van der Waals surface area contributed by atoms with Crippen LogP contribution in [0.4, 0.5) is 5.95 Å². The Bertz CT molecular complexity index is 733. The predicted octanol–water partition coefficient (Wildman–Crippen LogP) is 1.19. The fourth-order valence-electron chi connectivity index (χ4n) is 3.90. The fraction of sp³-hybridized carbons (Fsp3) is 0.632. The number of aromatic nitrogens is 2. The second-order valence-electron chi connectivity index (χ2n) is 7.82. The summed E-state index contributed by atoms with van der Waals surface area (Å²) in [4.78, 5) is 12.2. The summed E-state index contributed by atoms with van der Waals surface area (Å²) in [5, 5.41) is 4.89. The monoisotopic (exact) mass is 357 g/mol. The minimum Gasteiger partial charge on any atom is -0.309 e. The van der Waals surface area contributed by atoms with E-state index in [1.54, 1.807) is 0 Å². The van der Waals surface area contributed by atoms with Crippen molar-refractivity contribution in [3.8, 4) is 0 Å². The number of imidazole rings is 1. The van der Waals surface area contributed by atoms with Crippen molar-refractivity contribution in [3.63, 3.8) is 0 Å². The van der Waals surface area contributed by atoms with E-state index < -0.39 is 0 Å². The second kappa shape index (κ2) is 7.52. The van der Waals surface area contributed by atoms with E-state index in [-0.39, 0.29) is 0 Å². The number of rotatable bonds is 5. The quantitative estimate of drug-likeness (QED) is 0.800. The van der Waals surface area contributed by atoms with Crippen LogP contribution in [0.5, 0.6) is 0 Å². The summed E-state index contributed by atoms with van der Waals surface area (Å²) < 4.78 is 2.38. The third kappa shape index (κ3) is 3.57. The zero-order valence-electron chi connectivity index (χ0n) is 16.3. The van der Waals surface area contributed by atoms with E-state index in [1.807, 2.05) is 0 Å². The molecule has 0 aliphatic carbocycles. The van der Waals surface area contributed by atoms with Gasteiger partial charge >= 0.3 is 0 Å². The van der Waals surface area contributed by atoms with Crippen molar-refractivity contribution in [1.82, 2.24) is 29.3 Å². The summed E-state index contributed by atoms with van der Waals surface area (Å²) >= 11 is 0. The molecule has 0 atom stereocenters. The zero-order chi connectivity index (χ0) is 18.1. The van der Waals surface area contributed by atoms with E-state index in [0.717, 1.165) is 64.1 Å². The molecule has 1 fully saturated rings. The number of hydrogen-bond acceptors (Lipinski definition) is 6. The molecule has 1 saturated heterocycles. The molecule has 1 aromatic heterocycles. The summed E-state index contributed by atoms with van der Waals surface area (Å²) in [6, 6.07) is 8.51. The maximum Gasteiger partial charge on any atom is 0.223 e. The van der Waals surface area contributed by atoms with Crippen LogP contribution in [0.1, 0.15) is 6.42 Å². The van der Waals surface area contributed by atoms with E-state index in [4.69, 9.17) is 4.98 Å². The van der Waals surface area contributed by atoms with Crippen LogP contribution in [-0.4, -0.2) is 96.3 Å². The van der Waals surface area contributed by atoms with E-state index in [9.17, 15) is 0 Å². The smallest absolute Gasteiger partial charge is 0.223 e. The van der Waals surface area contributed by atoms with E-state index in [0.29, 0.717) is 0 Å². The number of anilines is 1. The van der Waals surface area contributed by atoms with Crippen molar-refractivity contribution >= 4 is 17.0 Å². The van der Waals surface area contributed by atoms with Crippen LogP contribution in [0, 0.1) is 0 Å². The van der Waals surface area contributed by atoms with Crippen LogP contribution in [0.15, 0.2) is 24.3 Å². The fourth-order valence-corrected chi connectivity index (χ4v) is 3.90. The minimum absolute atomic E-state index is 0.924. The molecule has 0 amide bonds. The predicted molar refractivity (Wildman–Crippen MR) is 106 cm³/mol. The molecule has 142 valence electrons. The Morgan fingerprint density at radius 2 is 1.81 bits per heavy atom. The Hall–Kier alpha value is -1.67. The highest BCUT2D eigenvalue weighted by molar-refractivity contribution is 5.78.